The first-order valence-corrected chi connectivity index (χ1v) is 6.97. The van der Waals surface area contributed by atoms with Crippen LogP contribution in [0.4, 0.5) is 0 Å². The maximum Gasteiger partial charge on any atom is 0.130 e. The van der Waals surface area contributed by atoms with Gasteiger partial charge in [-0.05, 0) is 45.0 Å². The van der Waals surface area contributed by atoms with Gasteiger partial charge in [0.1, 0.15) is 18.2 Å². The van der Waals surface area contributed by atoms with Crippen LogP contribution in [0.3, 0.4) is 0 Å². The Bertz CT molecular complexity index is 439. The number of hydrogen-bond acceptors (Lipinski definition) is 3. The van der Waals surface area contributed by atoms with Crippen LogP contribution >= 0.6 is 0 Å². The summed E-state index contributed by atoms with van der Waals surface area (Å²) >= 11 is 0. The molecule has 0 unspecified atom stereocenters. The van der Waals surface area contributed by atoms with E-state index in [-0.39, 0.29) is 5.84 Å². The van der Waals surface area contributed by atoms with Crippen molar-refractivity contribution in [1.82, 2.24) is 4.90 Å². The van der Waals surface area contributed by atoms with Crippen LogP contribution in [0, 0.1) is 12.3 Å². The molecule has 1 aliphatic heterocycles. The number of aryl methyl sites for hydroxylation is 1. The number of rotatable bonds is 5. The van der Waals surface area contributed by atoms with Crippen LogP contribution in [0.5, 0.6) is 5.75 Å². The summed E-state index contributed by atoms with van der Waals surface area (Å²) in [5.41, 5.74) is 7.38. The Balaban J connectivity index is 1.89. The second kappa shape index (κ2) is 6.57. The molecule has 0 atom stereocenters. The molecule has 1 aromatic rings. The number of nitrogens with zero attached hydrogens (tertiary/aromatic N) is 1. The molecule has 104 valence electrons. The highest BCUT2D eigenvalue weighted by Crippen LogP contribution is 2.19. The first-order valence-electron chi connectivity index (χ1n) is 6.97. The molecule has 0 spiro atoms. The SMILES string of the molecule is Cc1ccc(OCCN2CCCCC2)c(C(=N)N)c1. The summed E-state index contributed by atoms with van der Waals surface area (Å²) in [6.45, 7) is 5.95. The van der Waals surface area contributed by atoms with E-state index in [4.69, 9.17) is 15.9 Å². The van der Waals surface area contributed by atoms with Crippen LogP contribution in [0.1, 0.15) is 30.4 Å². The first-order chi connectivity index (χ1) is 9.16. The number of nitrogens with two attached hydrogens (primary N) is 1. The zero-order valence-electron chi connectivity index (χ0n) is 11.6. The van der Waals surface area contributed by atoms with Gasteiger partial charge in [-0.15, -0.1) is 0 Å². The number of hydrogen-bond donors (Lipinski definition) is 2. The number of nitrogen functional groups attached to an aromatic ring is 1. The number of benzene rings is 1. The van der Waals surface area contributed by atoms with E-state index in [1.54, 1.807) is 0 Å². The fourth-order valence-electron chi connectivity index (χ4n) is 2.45. The predicted molar refractivity (Wildman–Crippen MR) is 78.0 cm³/mol. The van der Waals surface area contributed by atoms with Crippen molar-refractivity contribution in [3.63, 3.8) is 0 Å². The lowest BCUT2D eigenvalue weighted by Gasteiger charge is -2.26. The van der Waals surface area contributed by atoms with Gasteiger partial charge in [0, 0.05) is 6.54 Å². The average molecular weight is 261 g/mol. The molecule has 0 amide bonds. The van der Waals surface area contributed by atoms with E-state index in [1.807, 2.05) is 25.1 Å². The molecule has 4 heteroatoms. The molecule has 0 bridgehead atoms. The lowest BCUT2D eigenvalue weighted by atomic mass is 10.1. The molecule has 1 saturated heterocycles. The van der Waals surface area contributed by atoms with Crippen LogP contribution in [-0.2, 0) is 0 Å². The molecule has 0 aliphatic carbocycles. The fraction of sp³-hybridized carbons (Fsp3) is 0.533. The predicted octanol–water partition coefficient (Wildman–Crippen LogP) is 2.14. The second-order valence-electron chi connectivity index (χ2n) is 5.16. The van der Waals surface area contributed by atoms with E-state index in [1.165, 1.54) is 32.4 Å². The minimum absolute atomic E-state index is 0.0664. The third kappa shape index (κ3) is 3.96. The number of ether oxygens (including phenoxy) is 1. The van der Waals surface area contributed by atoms with Crippen molar-refractivity contribution < 1.29 is 4.74 Å². The molecule has 3 N–H and O–H groups in total. The Hall–Kier alpha value is -1.55. The van der Waals surface area contributed by atoms with E-state index >= 15 is 0 Å². The Kier molecular flexibility index (Phi) is 4.80. The summed E-state index contributed by atoms with van der Waals surface area (Å²) in [6.07, 6.45) is 3.94. The van der Waals surface area contributed by atoms with E-state index < -0.39 is 0 Å². The largest absolute Gasteiger partial charge is 0.491 e. The van der Waals surface area contributed by atoms with Gasteiger partial charge in [0.2, 0.25) is 0 Å². The first kappa shape index (κ1) is 13.9. The quantitative estimate of drug-likeness (QED) is 0.630. The number of amidine groups is 1. The van der Waals surface area contributed by atoms with Crippen LogP contribution in [0.25, 0.3) is 0 Å². The Morgan fingerprint density at radius 3 is 2.74 bits per heavy atom. The van der Waals surface area contributed by atoms with Crippen molar-refractivity contribution in [3.05, 3.63) is 29.3 Å². The Labute approximate surface area is 115 Å². The summed E-state index contributed by atoms with van der Waals surface area (Å²) in [5, 5.41) is 7.59. The van der Waals surface area contributed by atoms with E-state index in [9.17, 15) is 0 Å². The average Bonchev–Trinajstić information content (AvgIpc) is 2.41. The molecule has 0 saturated carbocycles. The number of piperidine rings is 1. The van der Waals surface area contributed by atoms with Crippen molar-refractivity contribution in [2.24, 2.45) is 5.73 Å². The summed E-state index contributed by atoms with van der Waals surface area (Å²) in [6, 6.07) is 5.80. The third-order valence-corrected chi connectivity index (χ3v) is 3.54. The third-order valence-electron chi connectivity index (χ3n) is 3.54. The van der Waals surface area contributed by atoms with Crippen LogP contribution < -0.4 is 10.5 Å². The Morgan fingerprint density at radius 1 is 1.32 bits per heavy atom. The fourth-order valence-corrected chi connectivity index (χ4v) is 2.45. The van der Waals surface area contributed by atoms with Crippen molar-refractivity contribution in [2.45, 2.75) is 26.2 Å². The van der Waals surface area contributed by atoms with Gasteiger partial charge < -0.3 is 10.5 Å². The standard InChI is InChI=1S/C15H23N3O/c1-12-5-6-14(13(11-12)15(16)17)19-10-9-18-7-3-2-4-8-18/h5-6,11H,2-4,7-10H2,1H3,(H3,16,17). The highest BCUT2D eigenvalue weighted by molar-refractivity contribution is 5.97. The lowest BCUT2D eigenvalue weighted by molar-refractivity contribution is 0.183. The molecule has 0 radical (unpaired) electrons. The van der Waals surface area contributed by atoms with Crippen molar-refractivity contribution in [3.8, 4) is 5.75 Å². The van der Waals surface area contributed by atoms with Gasteiger partial charge in [-0.3, -0.25) is 10.3 Å². The van der Waals surface area contributed by atoms with Gasteiger partial charge in [0.05, 0.1) is 5.56 Å². The van der Waals surface area contributed by atoms with E-state index in [0.717, 1.165) is 17.9 Å². The molecular formula is C15H23N3O. The van der Waals surface area contributed by atoms with Crippen molar-refractivity contribution in [2.75, 3.05) is 26.2 Å². The van der Waals surface area contributed by atoms with Gasteiger partial charge in [0.25, 0.3) is 0 Å². The molecule has 1 aliphatic rings. The maximum absolute atomic E-state index is 7.59. The van der Waals surface area contributed by atoms with Gasteiger partial charge in [-0.2, -0.15) is 0 Å². The van der Waals surface area contributed by atoms with Crippen molar-refractivity contribution in [1.29, 1.82) is 5.41 Å². The zero-order chi connectivity index (χ0) is 13.7. The highest BCUT2D eigenvalue weighted by atomic mass is 16.5. The molecule has 2 rings (SSSR count). The summed E-state index contributed by atoms with van der Waals surface area (Å²) in [4.78, 5) is 2.44. The molecule has 0 aromatic heterocycles. The molecule has 1 heterocycles. The van der Waals surface area contributed by atoms with Crippen LogP contribution in [0.2, 0.25) is 0 Å². The van der Waals surface area contributed by atoms with E-state index in [0.29, 0.717) is 12.2 Å². The normalized spacial score (nSPS) is 16.3. The molecular weight excluding hydrogens is 238 g/mol. The minimum atomic E-state index is 0.0664. The minimum Gasteiger partial charge on any atom is -0.491 e. The second-order valence-corrected chi connectivity index (χ2v) is 5.16. The molecule has 4 nitrogen and oxygen atoms in total. The molecule has 1 aromatic carbocycles. The Morgan fingerprint density at radius 2 is 2.05 bits per heavy atom. The zero-order valence-corrected chi connectivity index (χ0v) is 11.6. The summed E-state index contributed by atoms with van der Waals surface area (Å²) in [5.74, 6) is 0.784. The summed E-state index contributed by atoms with van der Waals surface area (Å²) in [7, 11) is 0. The molecule has 19 heavy (non-hydrogen) atoms. The van der Waals surface area contributed by atoms with Crippen LogP contribution in [-0.4, -0.2) is 37.0 Å². The summed E-state index contributed by atoms with van der Waals surface area (Å²) < 4.78 is 5.79. The van der Waals surface area contributed by atoms with Crippen LogP contribution in [0.15, 0.2) is 18.2 Å². The lowest BCUT2D eigenvalue weighted by Crippen LogP contribution is -2.33. The van der Waals surface area contributed by atoms with Gasteiger partial charge >= 0.3 is 0 Å². The maximum atomic E-state index is 7.59. The topological polar surface area (TPSA) is 62.3 Å². The van der Waals surface area contributed by atoms with Gasteiger partial charge in [-0.1, -0.05) is 18.1 Å². The van der Waals surface area contributed by atoms with E-state index in [2.05, 4.69) is 4.90 Å². The van der Waals surface area contributed by atoms with Crippen molar-refractivity contribution >= 4 is 5.84 Å². The monoisotopic (exact) mass is 261 g/mol. The smallest absolute Gasteiger partial charge is 0.130 e. The van der Waals surface area contributed by atoms with Gasteiger partial charge in [-0.25, -0.2) is 0 Å². The van der Waals surface area contributed by atoms with Gasteiger partial charge in [0.15, 0.2) is 0 Å². The number of nitrogens with one attached hydrogen (secondary N) is 1. The number of likely N-dealkylation sites (tertiary alicyclic amines) is 1. The molecule has 1 fully saturated rings. The highest BCUT2D eigenvalue weighted by Gasteiger charge is 2.11.